The molecular weight excluding hydrogens is 437 g/mol. The predicted molar refractivity (Wildman–Crippen MR) is 114 cm³/mol. The summed E-state index contributed by atoms with van der Waals surface area (Å²) >= 11 is 1.78. The lowest BCUT2D eigenvalue weighted by molar-refractivity contribution is 0.161. The van der Waals surface area contributed by atoms with Crippen LogP contribution in [-0.2, 0) is 11.2 Å². The third kappa shape index (κ3) is 9.75. The minimum Gasteiger partial charge on any atom is -0.383 e. The molecule has 0 saturated carbocycles. The van der Waals surface area contributed by atoms with Crippen LogP contribution in [0.25, 0.3) is 0 Å². The highest BCUT2D eigenvalue weighted by molar-refractivity contribution is 14.0. The number of methoxy groups -OCH3 is 1. The molecule has 1 aromatic heterocycles. The van der Waals surface area contributed by atoms with Gasteiger partial charge in [-0.3, -0.25) is 4.99 Å². The maximum Gasteiger partial charge on any atom is 0.190 e. The Morgan fingerprint density at radius 2 is 1.96 bits per heavy atom. The van der Waals surface area contributed by atoms with Gasteiger partial charge in [-0.15, -0.1) is 35.3 Å². The van der Waals surface area contributed by atoms with Crippen molar-refractivity contribution >= 4 is 41.3 Å². The topological polar surface area (TPSA) is 61.8 Å². The quantitative estimate of drug-likeness (QED) is 0.238. The van der Waals surface area contributed by atoms with E-state index in [9.17, 15) is 0 Å². The summed E-state index contributed by atoms with van der Waals surface area (Å²) in [6.45, 7) is 8.73. The summed E-state index contributed by atoms with van der Waals surface area (Å²) in [4.78, 5) is 12.4. The molecule has 0 bridgehead atoms. The van der Waals surface area contributed by atoms with E-state index in [4.69, 9.17) is 4.74 Å². The average Bonchev–Trinajstić information content (AvgIpc) is 2.85. The largest absolute Gasteiger partial charge is 0.383 e. The Bertz CT molecular complexity index is 462. The fourth-order valence-electron chi connectivity index (χ4n) is 2.07. The fraction of sp³-hybridized carbons (Fsp3) is 0.750. The number of thiazole rings is 1. The highest BCUT2D eigenvalue weighted by atomic mass is 127. The molecule has 140 valence electrons. The summed E-state index contributed by atoms with van der Waals surface area (Å²) in [5, 5.41) is 7.87. The maximum absolute atomic E-state index is 5.07. The summed E-state index contributed by atoms with van der Waals surface area (Å²) in [7, 11) is 5.65. The van der Waals surface area contributed by atoms with Gasteiger partial charge in [0.1, 0.15) is 0 Å². The number of aryl methyl sites for hydroxylation is 2. The van der Waals surface area contributed by atoms with E-state index in [1.165, 1.54) is 9.88 Å². The first-order valence-electron chi connectivity index (χ1n) is 8.11. The van der Waals surface area contributed by atoms with E-state index in [2.05, 4.69) is 46.4 Å². The number of guanidine groups is 1. The number of likely N-dealkylation sites (N-methyl/N-ethyl adjacent to an activating group) is 1. The van der Waals surface area contributed by atoms with E-state index in [1.807, 2.05) is 0 Å². The van der Waals surface area contributed by atoms with Gasteiger partial charge in [-0.25, -0.2) is 4.98 Å². The SMILES string of the molecule is CN=C(NCCCN(C)CCOC)NCCc1nc(C)c(C)s1.I. The van der Waals surface area contributed by atoms with Crippen LogP contribution in [-0.4, -0.2) is 69.8 Å². The van der Waals surface area contributed by atoms with E-state index in [-0.39, 0.29) is 24.0 Å². The minimum atomic E-state index is 0. The molecule has 6 nitrogen and oxygen atoms in total. The van der Waals surface area contributed by atoms with E-state index in [0.717, 1.165) is 57.3 Å². The van der Waals surface area contributed by atoms with Gasteiger partial charge in [0.05, 0.1) is 17.3 Å². The number of ether oxygens (including phenoxy) is 1. The summed E-state index contributed by atoms with van der Waals surface area (Å²) in [5.41, 5.74) is 1.14. The van der Waals surface area contributed by atoms with Gasteiger partial charge < -0.3 is 20.3 Å². The Hall–Kier alpha value is -0.450. The summed E-state index contributed by atoms with van der Waals surface area (Å²) in [6.07, 6.45) is 2.01. The second-order valence-corrected chi connectivity index (χ2v) is 6.86. The minimum absolute atomic E-state index is 0. The number of nitrogens with zero attached hydrogens (tertiary/aromatic N) is 3. The first-order chi connectivity index (χ1) is 11.1. The van der Waals surface area contributed by atoms with E-state index >= 15 is 0 Å². The number of aromatic nitrogens is 1. The molecule has 1 aromatic rings. The van der Waals surface area contributed by atoms with Crippen LogP contribution in [0.3, 0.4) is 0 Å². The van der Waals surface area contributed by atoms with Gasteiger partial charge in [0.15, 0.2) is 5.96 Å². The third-order valence-corrected chi connectivity index (χ3v) is 4.75. The molecule has 0 radical (unpaired) electrons. The predicted octanol–water partition coefficient (Wildman–Crippen LogP) is 2.05. The molecule has 0 aromatic carbocycles. The van der Waals surface area contributed by atoms with Crippen LogP contribution in [0.5, 0.6) is 0 Å². The molecule has 24 heavy (non-hydrogen) atoms. The molecule has 0 aliphatic rings. The molecule has 8 heteroatoms. The van der Waals surface area contributed by atoms with Gasteiger partial charge in [0.25, 0.3) is 0 Å². The maximum atomic E-state index is 5.07. The van der Waals surface area contributed by atoms with Gasteiger partial charge in [-0.1, -0.05) is 0 Å². The first kappa shape index (κ1) is 23.5. The van der Waals surface area contributed by atoms with Crippen molar-refractivity contribution in [3.8, 4) is 0 Å². The highest BCUT2D eigenvalue weighted by Crippen LogP contribution is 2.16. The summed E-state index contributed by atoms with van der Waals surface area (Å²) < 4.78 is 5.07. The van der Waals surface area contributed by atoms with Crippen LogP contribution in [0, 0.1) is 13.8 Å². The van der Waals surface area contributed by atoms with Crippen molar-refractivity contribution in [2.75, 3.05) is 54.0 Å². The van der Waals surface area contributed by atoms with Crippen molar-refractivity contribution in [1.29, 1.82) is 0 Å². The smallest absolute Gasteiger partial charge is 0.190 e. The molecule has 0 aliphatic carbocycles. The number of aliphatic imine (C=N–C) groups is 1. The van der Waals surface area contributed by atoms with Crippen molar-refractivity contribution in [3.63, 3.8) is 0 Å². The zero-order valence-corrected chi connectivity index (χ0v) is 18.7. The lowest BCUT2D eigenvalue weighted by Crippen LogP contribution is -2.39. The fourth-order valence-corrected chi connectivity index (χ4v) is 3.00. The van der Waals surface area contributed by atoms with Gasteiger partial charge in [0.2, 0.25) is 0 Å². The molecule has 0 saturated heterocycles. The molecule has 1 heterocycles. The molecule has 0 unspecified atom stereocenters. The van der Waals surface area contributed by atoms with Crippen LogP contribution in [0.1, 0.15) is 22.0 Å². The summed E-state index contributed by atoms with van der Waals surface area (Å²) in [6, 6.07) is 0. The lowest BCUT2D eigenvalue weighted by atomic mass is 10.4. The van der Waals surface area contributed by atoms with Crippen LogP contribution in [0.15, 0.2) is 4.99 Å². The normalized spacial score (nSPS) is 11.5. The summed E-state index contributed by atoms with van der Waals surface area (Å²) in [5.74, 6) is 0.856. The molecule has 0 atom stereocenters. The van der Waals surface area contributed by atoms with E-state index < -0.39 is 0 Å². The number of hydrogen-bond acceptors (Lipinski definition) is 5. The van der Waals surface area contributed by atoms with Crippen LogP contribution < -0.4 is 10.6 Å². The van der Waals surface area contributed by atoms with Gasteiger partial charge in [-0.2, -0.15) is 0 Å². The number of hydrogen-bond donors (Lipinski definition) is 2. The first-order valence-corrected chi connectivity index (χ1v) is 8.93. The molecule has 0 fully saturated rings. The molecule has 0 amide bonds. The van der Waals surface area contributed by atoms with Gasteiger partial charge in [0, 0.05) is 45.1 Å². The Kier molecular flexibility index (Phi) is 13.5. The highest BCUT2D eigenvalue weighted by Gasteiger charge is 2.04. The van der Waals surface area contributed by atoms with Crippen LogP contribution >= 0.6 is 35.3 Å². The standard InChI is InChI=1S/C16H31N5OS.HI/c1-13-14(2)23-15(20-13)7-9-19-16(17-3)18-8-6-10-21(4)11-12-22-5;/h6-12H2,1-5H3,(H2,17,18,19);1H. The number of nitrogens with one attached hydrogen (secondary N) is 2. The molecule has 1 rings (SSSR count). The molecule has 2 N–H and O–H groups in total. The van der Waals surface area contributed by atoms with Crippen molar-refractivity contribution in [3.05, 3.63) is 15.6 Å². The molecular formula is C16H32IN5OS. The monoisotopic (exact) mass is 469 g/mol. The van der Waals surface area contributed by atoms with Crippen molar-refractivity contribution in [1.82, 2.24) is 20.5 Å². The van der Waals surface area contributed by atoms with Crippen LogP contribution in [0.2, 0.25) is 0 Å². The second-order valence-electron chi connectivity index (χ2n) is 5.57. The number of rotatable bonds is 10. The molecule has 0 spiro atoms. The zero-order chi connectivity index (χ0) is 17.1. The Balaban J connectivity index is 0.00000529. The zero-order valence-electron chi connectivity index (χ0n) is 15.5. The molecule has 0 aliphatic heterocycles. The van der Waals surface area contributed by atoms with Gasteiger partial charge in [-0.05, 0) is 33.9 Å². The second kappa shape index (κ2) is 13.8. The van der Waals surface area contributed by atoms with Crippen molar-refractivity contribution < 1.29 is 4.74 Å². The van der Waals surface area contributed by atoms with Gasteiger partial charge >= 0.3 is 0 Å². The van der Waals surface area contributed by atoms with Crippen molar-refractivity contribution in [2.45, 2.75) is 26.7 Å². The number of halogens is 1. The third-order valence-electron chi connectivity index (χ3n) is 3.61. The Morgan fingerprint density at radius 1 is 1.25 bits per heavy atom. The Labute approximate surface area is 167 Å². The van der Waals surface area contributed by atoms with E-state index in [1.54, 1.807) is 25.5 Å². The van der Waals surface area contributed by atoms with Crippen molar-refractivity contribution in [2.24, 2.45) is 4.99 Å². The Morgan fingerprint density at radius 3 is 2.54 bits per heavy atom. The van der Waals surface area contributed by atoms with Crippen LogP contribution in [0.4, 0.5) is 0 Å². The average molecular weight is 469 g/mol. The lowest BCUT2D eigenvalue weighted by Gasteiger charge is -2.16. The van der Waals surface area contributed by atoms with E-state index in [0.29, 0.717) is 0 Å².